The zero-order valence-corrected chi connectivity index (χ0v) is 9.22. The van der Waals surface area contributed by atoms with Gasteiger partial charge in [-0.25, -0.2) is 4.98 Å². The molecule has 0 atom stereocenters. The van der Waals surface area contributed by atoms with E-state index < -0.39 is 0 Å². The molecule has 0 amide bonds. The highest BCUT2D eigenvalue weighted by Gasteiger charge is 2.00. The molecule has 4 nitrogen and oxygen atoms in total. The average Bonchev–Trinajstić information content (AvgIpc) is 2.74. The summed E-state index contributed by atoms with van der Waals surface area (Å²) in [5.74, 6) is 0.272. The van der Waals surface area contributed by atoms with E-state index in [1.807, 2.05) is 24.7 Å². The summed E-state index contributed by atoms with van der Waals surface area (Å²) >= 11 is 0. The van der Waals surface area contributed by atoms with E-state index in [9.17, 15) is 5.11 Å². The van der Waals surface area contributed by atoms with Gasteiger partial charge in [-0.2, -0.15) is 0 Å². The molecule has 1 aromatic heterocycles. The molecule has 2 N–H and O–H groups in total. The highest BCUT2D eigenvalue weighted by atomic mass is 16.3. The van der Waals surface area contributed by atoms with E-state index in [-0.39, 0.29) is 5.75 Å². The summed E-state index contributed by atoms with van der Waals surface area (Å²) in [6.07, 6.45) is 3.67. The Morgan fingerprint density at radius 1 is 1.44 bits per heavy atom. The van der Waals surface area contributed by atoms with Crippen molar-refractivity contribution in [2.45, 2.75) is 20.0 Å². The van der Waals surface area contributed by atoms with Gasteiger partial charge in [-0.15, -0.1) is 0 Å². The fraction of sp³-hybridized carbons (Fsp3) is 0.250. The smallest absolute Gasteiger partial charge is 0.117 e. The van der Waals surface area contributed by atoms with Gasteiger partial charge in [0.2, 0.25) is 0 Å². The molecule has 0 spiro atoms. The van der Waals surface area contributed by atoms with E-state index in [4.69, 9.17) is 0 Å². The molecule has 0 aliphatic rings. The zero-order chi connectivity index (χ0) is 11.4. The standard InChI is InChI=1S/C12H15N3O/c1-2-15-9-13-7-11(15)8-14-10-4-3-5-12(16)6-10/h3-7,9,14,16H,2,8H2,1H3. The topological polar surface area (TPSA) is 50.1 Å². The van der Waals surface area contributed by atoms with Crippen LogP contribution < -0.4 is 5.32 Å². The number of aryl methyl sites for hydroxylation is 1. The first-order valence-electron chi connectivity index (χ1n) is 5.31. The Balaban J connectivity index is 2.02. The molecule has 2 aromatic rings. The van der Waals surface area contributed by atoms with Gasteiger partial charge >= 0.3 is 0 Å². The second-order valence-corrected chi connectivity index (χ2v) is 3.57. The number of aromatic hydroxyl groups is 1. The van der Waals surface area contributed by atoms with Crippen molar-refractivity contribution in [3.63, 3.8) is 0 Å². The summed E-state index contributed by atoms with van der Waals surface area (Å²) in [6, 6.07) is 7.09. The molecule has 0 saturated carbocycles. The summed E-state index contributed by atoms with van der Waals surface area (Å²) in [5.41, 5.74) is 2.04. The third-order valence-corrected chi connectivity index (χ3v) is 2.46. The molecule has 0 unspecified atom stereocenters. The first-order chi connectivity index (χ1) is 7.79. The van der Waals surface area contributed by atoms with Crippen LogP contribution in [0.5, 0.6) is 5.75 Å². The van der Waals surface area contributed by atoms with Crippen LogP contribution in [0.25, 0.3) is 0 Å². The van der Waals surface area contributed by atoms with Crippen LogP contribution in [-0.2, 0) is 13.1 Å². The maximum absolute atomic E-state index is 9.31. The van der Waals surface area contributed by atoms with Gasteiger partial charge in [0.25, 0.3) is 0 Å². The number of nitrogens with one attached hydrogen (secondary N) is 1. The van der Waals surface area contributed by atoms with E-state index >= 15 is 0 Å². The number of hydrogen-bond acceptors (Lipinski definition) is 3. The van der Waals surface area contributed by atoms with Gasteiger partial charge in [-0.3, -0.25) is 0 Å². The van der Waals surface area contributed by atoms with Gasteiger partial charge in [-0.1, -0.05) is 6.07 Å². The second kappa shape index (κ2) is 4.70. The Hall–Kier alpha value is -1.97. The first kappa shape index (κ1) is 10.5. The Morgan fingerprint density at radius 3 is 3.06 bits per heavy atom. The van der Waals surface area contributed by atoms with Crippen LogP contribution in [0.2, 0.25) is 0 Å². The number of rotatable bonds is 4. The maximum Gasteiger partial charge on any atom is 0.117 e. The summed E-state index contributed by atoms with van der Waals surface area (Å²) in [6.45, 7) is 3.70. The molecule has 4 heteroatoms. The maximum atomic E-state index is 9.31. The predicted molar refractivity (Wildman–Crippen MR) is 63.3 cm³/mol. The largest absolute Gasteiger partial charge is 0.508 e. The summed E-state index contributed by atoms with van der Waals surface area (Å²) in [4.78, 5) is 4.10. The van der Waals surface area contributed by atoms with E-state index in [2.05, 4.69) is 21.8 Å². The Labute approximate surface area is 94.6 Å². The van der Waals surface area contributed by atoms with E-state index in [1.165, 1.54) is 0 Å². The van der Waals surface area contributed by atoms with Gasteiger partial charge in [0.1, 0.15) is 5.75 Å². The van der Waals surface area contributed by atoms with Crippen molar-refractivity contribution < 1.29 is 5.11 Å². The minimum Gasteiger partial charge on any atom is -0.508 e. The van der Waals surface area contributed by atoms with Crippen LogP contribution in [0.3, 0.4) is 0 Å². The van der Waals surface area contributed by atoms with Crippen molar-refractivity contribution in [2.24, 2.45) is 0 Å². The number of aromatic nitrogens is 2. The van der Waals surface area contributed by atoms with Crippen LogP contribution in [0.1, 0.15) is 12.6 Å². The third-order valence-electron chi connectivity index (χ3n) is 2.46. The van der Waals surface area contributed by atoms with Crippen molar-refractivity contribution in [1.82, 2.24) is 9.55 Å². The highest BCUT2D eigenvalue weighted by Crippen LogP contribution is 2.16. The van der Waals surface area contributed by atoms with Gasteiger partial charge in [0.15, 0.2) is 0 Å². The lowest BCUT2D eigenvalue weighted by Gasteiger charge is -2.08. The molecule has 0 fully saturated rings. The number of benzene rings is 1. The van der Waals surface area contributed by atoms with Crippen LogP contribution in [0.15, 0.2) is 36.8 Å². The van der Waals surface area contributed by atoms with Crippen LogP contribution in [0, 0.1) is 0 Å². The lowest BCUT2D eigenvalue weighted by atomic mass is 10.3. The fourth-order valence-electron chi connectivity index (χ4n) is 1.59. The summed E-state index contributed by atoms with van der Waals surface area (Å²) in [5, 5.41) is 12.6. The van der Waals surface area contributed by atoms with Crippen molar-refractivity contribution in [1.29, 1.82) is 0 Å². The summed E-state index contributed by atoms with van der Waals surface area (Å²) in [7, 11) is 0. The van der Waals surface area contributed by atoms with Gasteiger partial charge < -0.3 is 15.0 Å². The lowest BCUT2D eigenvalue weighted by molar-refractivity contribution is 0.475. The molecule has 0 radical (unpaired) electrons. The SMILES string of the molecule is CCn1cncc1CNc1cccc(O)c1. The van der Waals surface area contributed by atoms with E-state index in [0.717, 1.165) is 17.9 Å². The molecule has 1 heterocycles. The van der Waals surface area contributed by atoms with Crippen LogP contribution in [-0.4, -0.2) is 14.7 Å². The number of hydrogen-bond donors (Lipinski definition) is 2. The Kier molecular flexibility index (Phi) is 3.10. The Bertz CT molecular complexity index is 465. The number of nitrogens with zero attached hydrogens (tertiary/aromatic N) is 2. The molecule has 0 saturated heterocycles. The fourth-order valence-corrected chi connectivity index (χ4v) is 1.59. The quantitative estimate of drug-likeness (QED) is 0.825. The molecule has 0 aliphatic heterocycles. The number of phenols is 1. The van der Waals surface area contributed by atoms with Crippen molar-refractivity contribution in [3.05, 3.63) is 42.5 Å². The molecular weight excluding hydrogens is 202 g/mol. The molecule has 16 heavy (non-hydrogen) atoms. The second-order valence-electron chi connectivity index (χ2n) is 3.57. The highest BCUT2D eigenvalue weighted by molar-refractivity contribution is 5.47. The molecule has 0 aliphatic carbocycles. The number of anilines is 1. The van der Waals surface area contributed by atoms with E-state index in [0.29, 0.717) is 6.54 Å². The van der Waals surface area contributed by atoms with Crippen molar-refractivity contribution in [3.8, 4) is 5.75 Å². The normalized spacial score (nSPS) is 10.3. The minimum atomic E-state index is 0.272. The van der Waals surface area contributed by atoms with Crippen LogP contribution in [0.4, 0.5) is 5.69 Å². The Morgan fingerprint density at radius 2 is 2.31 bits per heavy atom. The van der Waals surface area contributed by atoms with Crippen molar-refractivity contribution >= 4 is 5.69 Å². The molecular formula is C12H15N3O. The molecule has 84 valence electrons. The average molecular weight is 217 g/mol. The van der Waals surface area contributed by atoms with Gasteiger partial charge in [0, 0.05) is 24.5 Å². The van der Waals surface area contributed by atoms with E-state index in [1.54, 1.807) is 12.1 Å². The summed E-state index contributed by atoms with van der Waals surface area (Å²) < 4.78 is 2.08. The predicted octanol–water partition coefficient (Wildman–Crippen LogP) is 2.22. The monoisotopic (exact) mass is 217 g/mol. The zero-order valence-electron chi connectivity index (χ0n) is 9.22. The third kappa shape index (κ3) is 2.34. The minimum absolute atomic E-state index is 0.272. The molecule has 2 rings (SSSR count). The van der Waals surface area contributed by atoms with Gasteiger partial charge in [-0.05, 0) is 19.1 Å². The van der Waals surface area contributed by atoms with Crippen molar-refractivity contribution in [2.75, 3.05) is 5.32 Å². The first-order valence-corrected chi connectivity index (χ1v) is 5.31. The van der Waals surface area contributed by atoms with Crippen LogP contribution >= 0.6 is 0 Å². The van der Waals surface area contributed by atoms with Gasteiger partial charge in [0.05, 0.1) is 18.6 Å². The lowest BCUT2D eigenvalue weighted by Crippen LogP contribution is -2.05. The number of imidazole rings is 1. The number of phenolic OH excluding ortho intramolecular Hbond substituents is 1. The molecule has 0 bridgehead atoms. The molecule has 1 aromatic carbocycles.